The van der Waals surface area contributed by atoms with Gasteiger partial charge in [-0.05, 0) is 5.92 Å². The molecule has 1 nitrogen and oxygen atoms in total. The summed E-state index contributed by atoms with van der Waals surface area (Å²) in [6, 6.07) is 9.09. The third-order valence-electron chi connectivity index (χ3n) is 1.75. The average molecular weight is 166 g/mol. The van der Waals surface area contributed by atoms with Crippen LogP contribution in [0.5, 0.6) is 0 Å². The van der Waals surface area contributed by atoms with E-state index in [-0.39, 0.29) is 5.78 Å². The van der Waals surface area contributed by atoms with Gasteiger partial charge in [-0.25, -0.2) is 0 Å². The Hall–Kier alpha value is -2.03. The maximum absolute atomic E-state index is 11.6. The number of hydrogen-bond acceptors (Lipinski definition) is 1. The van der Waals surface area contributed by atoms with Gasteiger partial charge in [0, 0.05) is 11.6 Å². The Bertz CT molecular complexity index is 463. The molecule has 1 aliphatic rings. The smallest absolute Gasteiger partial charge is 0.209 e. The van der Waals surface area contributed by atoms with Gasteiger partial charge in [-0.2, -0.15) is 0 Å². The summed E-state index contributed by atoms with van der Waals surface area (Å²) in [4.78, 5) is 11.6. The number of hydrogen-bond donors (Lipinski definition) is 0. The van der Waals surface area contributed by atoms with Crippen molar-refractivity contribution in [1.82, 2.24) is 0 Å². The van der Waals surface area contributed by atoms with E-state index >= 15 is 0 Å². The van der Waals surface area contributed by atoms with Crippen molar-refractivity contribution in [2.45, 2.75) is 0 Å². The van der Waals surface area contributed by atoms with Gasteiger partial charge in [0.15, 0.2) is 0 Å². The molecule has 0 unspecified atom stereocenters. The molecule has 0 atom stereocenters. The zero-order valence-electron chi connectivity index (χ0n) is 6.87. The molecule has 0 saturated carbocycles. The van der Waals surface area contributed by atoms with E-state index in [1.54, 1.807) is 18.2 Å². The summed E-state index contributed by atoms with van der Waals surface area (Å²) in [5.41, 5.74) is 3.89. The quantitative estimate of drug-likeness (QED) is 0.373. The van der Waals surface area contributed by atoms with Crippen LogP contribution in [0.3, 0.4) is 0 Å². The van der Waals surface area contributed by atoms with Crippen LogP contribution in [0, 0.1) is 11.8 Å². The van der Waals surface area contributed by atoms with Crippen LogP contribution in [0.25, 0.3) is 0 Å². The molecule has 1 aromatic rings. The van der Waals surface area contributed by atoms with E-state index in [2.05, 4.69) is 17.6 Å². The molecular weight excluding hydrogens is 160 g/mol. The van der Waals surface area contributed by atoms with Gasteiger partial charge >= 0.3 is 0 Å². The van der Waals surface area contributed by atoms with Crippen molar-refractivity contribution < 1.29 is 4.79 Å². The fourth-order valence-electron chi connectivity index (χ4n) is 1.11. The average Bonchev–Trinajstić information content (AvgIpc) is 2.71. The van der Waals surface area contributed by atoms with E-state index in [4.69, 9.17) is 0 Å². The number of carbonyl (C=O) groups is 1. The van der Waals surface area contributed by atoms with E-state index < -0.39 is 0 Å². The minimum atomic E-state index is -0.0538. The second kappa shape index (κ2) is 3.15. The summed E-state index contributed by atoms with van der Waals surface area (Å²) >= 11 is 0. The monoisotopic (exact) mass is 166 g/mol. The summed E-state index contributed by atoms with van der Waals surface area (Å²) in [7, 11) is 0. The molecule has 1 heteroatoms. The van der Waals surface area contributed by atoms with Crippen LogP contribution < -0.4 is 0 Å². The lowest BCUT2D eigenvalue weighted by molar-refractivity contribution is 0.103. The second-order valence-electron chi connectivity index (χ2n) is 2.63. The summed E-state index contributed by atoms with van der Waals surface area (Å²) < 4.78 is 0. The van der Waals surface area contributed by atoms with Crippen LogP contribution in [-0.4, -0.2) is 5.78 Å². The number of carbonyl (C=O) groups excluding carboxylic acids is 1. The highest BCUT2D eigenvalue weighted by Crippen LogP contribution is 2.07. The Morgan fingerprint density at radius 1 is 1.15 bits per heavy atom. The topological polar surface area (TPSA) is 17.1 Å². The molecule has 1 aromatic carbocycles. The number of ketones is 1. The highest BCUT2D eigenvalue weighted by molar-refractivity contribution is 6.11. The summed E-state index contributed by atoms with van der Waals surface area (Å²) in [5.74, 6) is 5.33. The molecule has 0 saturated heterocycles. The van der Waals surface area contributed by atoms with Gasteiger partial charge in [0.05, 0.1) is 0 Å². The Morgan fingerprint density at radius 2 is 1.92 bits per heavy atom. The molecule has 2 rings (SSSR count). The summed E-state index contributed by atoms with van der Waals surface area (Å²) in [5, 5.41) is 0. The van der Waals surface area contributed by atoms with Crippen molar-refractivity contribution >= 4 is 5.78 Å². The predicted molar refractivity (Wildman–Crippen MR) is 50.1 cm³/mol. The Morgan fingerprint density at radius 3 is 2.54 bits per heavy atom. The Balaban J connectivity index is 2.36. The molecule has 0 bridgehead atoms. The molecule has 0 spiro atoms. The van der Waals surface area contributed by atoms with Crippen molar-refractivity contribution in [2.24, 2.45) is 0 Å². The number of rotatable bonds is 2. The lowest BCUT2D eigenvalue weighted by Crippen LogP contribution is -1.99. The normalized spacial score (nSPS) is 11.8. The molecule has 13 heavy (non-hydrogen) atoms. The minimum Gasteiger partial charge on any atom is -0.287 e. The standard InChI is InChI=1S/C12H6O/c13-12(11-8-4-5-9-11)10-6-2-1-3-7-10/h1-4,6-7H. The van der Waals surface area contributed by atoms with Gasteiger partial charge in [0.2, 0.25) is 5.78 Å². The van der Waals surface area contributed by atoms with E-state index in [0.29, 0.717) is 11.1 Å². The summed E-state index contributed by atoms with van der Waals surface area (Å²) in [6.07, 6.45) is 1.57. The molecule has 0 aromatic heterocycles. The van der Waals surface area contributed by atoms with Gasteiger partial charge in [0.1, 0.15) is 5.57 Å². The van der Waals surface area contributed by atoms with Crippen LogP contribution in [-0.2, 0) is 0 Å². The Kier molecular flexibility index (Phi) is 1.84. The van der Waals surface area contributed by atoms with Crippen molar-refractivity contribution in [2.75, 3.05) is 0 Å². The second-order valence-corrected chi connectivity index (χ2v) is 2.63. The third kappa shape index (κ3) is 1.44. The van der Waals surface area contributed by atoms with Gasteiger partial charge in [-0.1, -0.05) is 42.0 Å². The van der Waals surface area contributed by atoms with Crippen LogP contribution in [0.2, 0.25) is 0 Å². The lowest BCUT2D eigenvalue weighted by atomic mass is 10.1. The van der Waals surface area contributed by atoms with E-state index in [1.165, 1.54) is 0 Å². The maximum atomic E-state index is 11.6. The molecule has 1 aliphatic carbocycles. The fourth-order valence-corrected chi connectivity index (χ4v) is 1.11. The molecule has 0 radical (unpaired) electrons. The number of benzene rings is 1. The highest BCUT2D eigenvalue weighted by atomic mass is 16.1. The van der Waals surface area contributed by atoms with Crippen molar-refractivity contribution in [3.63, 3.8) is 0 Å². The fraction of sp³-hybridized carbons (Fsp3) is 0. The number of allylic oxidation sites excluding steroid dienone is 1. The van der Waals surface area contributed by atoms with E-state index in [1.807, 2.05) is 18.2 Å². The molecule has 0 aliphatic heterocycles. The molecule has 0 heterocycles. The van der Waals surface area contributed by atoms with Gasteiger partial charge in [0.25, 0.3) is 0 Å². The molecule has 0 amide bonds. The van der Waals surface area contributed by atoms with E-state index in [9.17, 15) is 4.79 Å². The van der Waals surface area contributed by atoms with Crippen LogP contribution >= 0.6 is 0 Å². The molecule has 60 valence electrons. The summed E-state index contributed by atoms with van der Waals surface area (Å²) in [6.45, 7) is 0. The number of Topliss-reactive ketones (excluding diaryl/α,β-unsaturated/α-hetero) is 1. The molecular formula is C12H6O. The molecule has 0 fully saturated rings. The van der Waals surface area contributed by atoms with Crippen molar-refractivity contribution in [1.29, 1.82) is 0 Å². The predicted octanol–water partition coefficient (Wildman–Crippen LogP) is 1.97. The zero-order valence-corrected chi connectivity index (χ0v) is 6.87. The van der Waals surface area contributed by atoms with Gasteiger partial charge < -0.3 is 0 Å². The van der Waals surface area contributed by atoms with Gasteiger partial charge in [-0.15, -0.1) is 0 Å². The van der Waals surface area contributed by atoms with Crippen molar-refractivity contribution in [3.05, 3.63) is 53.3 Å². The SMILES string of the molecule is O=C(C1=C=CC#C1)c1ccccc1. The largest absolute Gasteiger partial charge is 0.287 e. The third-order valence-corrected chi connectivity index (χ3v) is 1.75. The van der Waals surface area contributed by atoms with Crippen molar-refractivity contribution in [3.8, 4) is 11.8 Å². The van der Waals surface area contributed by atoms with E-state index in [0.717, 1.165) is 0 Å². The molecule has 0 N–H and O–H groups in total. The Labute approximate surface area is 76.4 Å². The van der Waals surface area contributed by atoms with Crippen LogP contribution in [0.1, 0.15) is 10.4 Å². The first-order valence-electron chi connectivity index (χ1n) is 3.94. The minimum absolute atomic E-state index is 0.0538. The zero-order chi connectivity index (χ0) is 9.10. The first kappa shape index (κ1) is 7.61. The first-order valence-corrected chi connectivity index (χ1v) is 3.94. The lowest BCUT2D eigenvalue weighted by Gasteiger charge is -1.95. The highest BCUT2D eigenvalue weighted by Gasteiger charge is 2.09. The van der Waals surface area contributed by atoms with Gasteiger partial charge in [-0.3, -0.25) is 4.79 Å². The first-order chi connectivity index (χ1) is 6.38. The van der Waals surface area contributed by atoms with Crippen LogP contribution in [0.15, 0.2) is 47.7 Å². The van der Waals surface area contributed by atoms with Crippen LogP contribution in [0.4, 0.5) is 0 Å². The maximum Gasteiger partial charge on any atom is 0.209 e.